The number of nitrogens with two attached hydrogens (primary N) is 2. The number of carbonyl (C=O) groups excluding carboxylic acids is 2. The highest BCUT2D eigenvalue weighted by Gasteiger charge is 2.24. The monoisotopic (exact) mass is 438 g/mol. The fraction of sp³-hybridized carbons (Fsp3) is 0.526. The number of amides is 2. The van der Waals surface area contributed by atoms with Crippen LogP contribution in [0.25, 0.3) is 0 Å². The minimum Gasteiger partial charge on any atom is -0.370 e. The molecule has 2 amide bonds. The summed E-state index contributed by atoms with van der Waals surface area (Å²) >= 11 is 0. The molecule has 2 rings (SSSR count). The molecule has 5 N–H and O–H groups in total. The van der Waals surface area contributed by atoms with Crippen LogP contribution in [0.15, 0.2) is 34.2 Å². The Morgan fingerprint density at radius 2 is 1.93 bits per heavy atom. The van der Waals surface area contributed by atoms with Crippen LogP contribution in [-0.4, -0.2) is 69.7 Å². The molecule has 1 atom stereocenters. The zero-order chi connectivity index (χ0) is 22.3. The number of carbonyl (C=O) groups is 2. The molecule has 1 aromatic carbocycles. The van der Waals surface area contributed by atoms with Gasteiger partial charge < -0.3 is 20.9 Å². The summed E-state index contributed by atoms with van der Waals surface area (Å²) in [6, 6.07) is 6.18. The summed E-state index contributed by atoms with van der Waals surface area (Å²) in [6.07, 6.45) is 2.12. The molecular weight excluding hydrogens is 408 g/mol. The Labute approximate surface area is 177 Å². The lowest BCUT2D eigenvalue weighted by Crippen LogP contribution is -2.49. The summed E-state index contributed by atoms with van der Waals surface area (Å²) in [7, 11) is -0.390. The fourth-order valence-electron chi connectivity index (χ4n) is 3.24. The predicted molar refractivity (Wildman–Crippen MR) is 114 cm³/mol. The van der Waals surface area contributed by atoms with Crippen LogP contribution in [0.2, 0.25) is 0 Å². The molecule has 1 heterocycles. The van der Waals surface area contributed by atoms with Gasteiger partial charge in [-0.2, -0.15) is 0 Å². The van der Waals surface area contributed by atoms with E-state index in [0.29, 0.717) is 25.5 Å². The Morgan fingerprint density at radius 3 is 2.50 bits per heavy atom. The van der Waals surface area contributed by atoms with E-state index in [1.807, 2.05) is 4.90 Å². The zero-order valence-electron chi connectivity index (χ0n) is 17.4. The molecule has 1 saturated heterocycles. The van der Waals surface area contributed by atoms with Gasteiger partial charge in [-0.05, 0) is 36.5 Å². The van der Waals surface area contributed by atoms with Crippen molar-refractivity contribution in [3.05, 3.63) is 29.8 Å². The van der Waals surface area contributed by atoms with E-state index in [1.165, 1.54) is 17.0 Å². The standard InChI is InChI=1S/C19H30N6O4S/c1-24(2)18(27)12-23-19(25-9-3-4-15(13-25)10-17(20)26)22-11-14-5-7-16(8-6-14)30(21,28)29/h5-8,15H,3-4,9-13H2,1-2H3,(H2,20,26)(H,22,23)(H2,21,28,29). The van der Waals surface area contributed by atoms with Gasteiger partial charge in [0.1, 0.15) is 0 Å². The molecule has 1 aliphatic rings. The van der Waals surface area contributed by atoms with Gasteiger partial charge in [0, 0.05) is 33.6 Å². The SMILES string of the molecule is CN(C)C(=O)CNC(=NCc1ccc(S(N)(=O)=O)cc1)N1CCCC(CC(N)=O)C1. The van der Waals surface area contributed by atoms with Gasteiger partial charge in [-0.25, -0.2) is 18.5 Å². The molecule has 0 aromatic heterocycles. The zero-order valence-corrected chi connectivity index (χ0v) is 18.2. The number of likely N-dealkylation sites (tertiary alicyclic amines) is 1. The normalized spacial score (nSPS) is 17.5. The predicted octanol–water partition coefficient (Wildman–Crippen LogP) is -0.545. The lowest BCUT2D eigenvalue weighted by atomic mass is 9.95. The van der Waals surface area contributed by atoms with E-state index in [9.17, 15) is 18.0 Å². The summed E-state index contributed by atoms with van der Waals surface area (Å²) in [5, 5.41) is 8.23. The van der Waals surface area contributed by atoms with E-state index in [1.54, 1.807) is 26.2 Å². The van der Waals surface area contributed by atoms with Gasteiger partial charge in [0.2, 0.25) is 21.8 Å². The summed E-state index contributed by atoms with van der Waals surface area (Å²) in [6.45, 7) is 1.75. The third-order valence-electron chi connectivity index (χ3n) is 4.87. The first-order valence-electron chi connectivity index (χ1n) is 9.69. The van der Waals surface area contributed by atoms with Gasteiger partial charge in [-0.3, -0.25) is 9.59 Å². The van der Waals surface area contributed by atoms with Crippen LogP contribution in [0, 0.1) is 5.92 Å². The molecule has 11 heteroatoms. The lowest BCUT2D eigenvalue weighted by molar-refractivity contribution is -0.127. The fourth-order valence-corrected chi connectivity index (χ4v) is 3.76. The second-order valence-electron chi connectivity index (χ2n) is 7.60. The van der Waals surface area contributed by atoms with Gasteiger partial charge in [0.15, 0.2) is 5.96 Å². The maximum atomic E-state index is 12.0. The molecule has 166 valence electrons. The van der Waals surface area contributed by atoms with Crippen molar-refractivity contribution in [2.45, 2.75) is 30.7 Å². The Hall–Kier alpha value is -2.66. The molecule has 0 spiro atoms. The van der Waals surface area contributed by atoms with Crippen LogP contribution in [-0.2, 0) is 26.2 Å². The maximum Gasteiger partial charge on any atom is 0.241 e. The smallest absolute Gasteiger partial charge is 0.241 e. The highest BCUT2D eigenvalue weighted by Crippen LogP contribution is 2.19. The van der Waals surface area contributed by atoms with Crippen LogP contribution in [0.4, 0.5) is 0 Å². The quantitative estimate of drug-likeness (QED) is 0.384. The highest BCUT2D eigenvalue weighted by molar-refractivity contribution is 7.89. The molecule has 1 aromatic rings. The van der Waals surface area contributed by atoms with E-state index in [0.717, 1.165) is 24.9 Å². The number of aliphatic imine (C=N–C) groups is 1. The topological polar surface area (TPSA) is 151 Å². The maximum absolute atomic E-state index is 12.0. The molecular formula is C19H30N6O4S. The number of nitrogens with one attached hydrogen (secondary N) is 1. The van der Waals surface area contributed by atoms with Crippen molar-refractivity contribution in [3.8, 4) is 0 Å². The number of guanidine groups is 1. The number of piperidine rings is 1. The highest BCUT2D eigenvalue weighted by atomic mass is 32.2. The Balaban J connectivity index is 2.15. The van der Waals surface area contributed by atoms with Gasteiger partial charge in [0.25, 0.3) is 0 Å². The van der Waals surface area contributed by atoms with Crippen molar-refractivity contribution in [1.82, 2.24) is 15.1 Å². The van der Waals surface area contributed by atoms with Crippen LogP contribution in [0.3, 0.4) is 0 Å². The number of nitrogens with zero attached hydrogens (tertiary/aromatic N) is 3. The number of primary amides is 1. The van der Waals surface area contributed by atoms with Gasteiger partial charge in [-0.1, -0.05) is 12.1 Å². The molecule has 0 radical (unpaired) electrons. The van der Waals surface area contributed by atoms with Crippen molar-refractivity contribution < 1.29 is 18.0 Å². The Kier molecular flexibility index (Phi) is 8.18. The molecule has 10 nitrogen and oxygen atoms in total. The van der Waals surface area contributed by atoms with Crippen LogP contribution in [0.5, 0.6) is 0 Å². The summed E-state index contributed by atoms with van der Waals surface area (Å²) in [4.78, 5) is 31.5. The number of sulfonamides is 1. The number of likely N-dealkylation sites (N-methyl/N-ethyl adjacent to an activating group) is 1. The summed E-state index contributed by atoms with van der Waals surface area (Å²) in [5.41, 5.74) is 6.15. The van der Waals surface area contributed by atoms with Crippen LogP contribution >= 0.6 is 0 Å². The van der Waals surface area contributed by atoms with Crippen LogP contribution in [0.1, 0.15) is 24.8 Å². The Bertz CT molecular complexity index is 883. The van der Waals surface area contributed by atoms with Crippen molar-refractivity contribution in [2.24, 2.45) is 21.8 Å². The molecule has 0 saturated carbocycles. The molecule has 0 aliphatic carbocycles. The minimum absolute atomic E-state index is 0.0375. The number of primary sulfonamides is 1. The first kappa shape index (κ1) is 23.6. The van der Waals surface area contributed by atoms with E-state index >= 15 is 0 Å². The third kappa shape index (κ3) is 7.30. The molecule has 1 unspecified atom stereocenters. The van der Waals surface area contributed by atoms with Crippen molar-refractivity contribution in [3.63, 3.8) is 0 Å². The van der Waals surface area contributed by atoms with Gasteiger partial charge in [-0.15, -0.1) is 0 Å². The van der Waals surface area contributed by atoms with E-state index in [2.05, 4.69) is 10.3 Å². The second kappa shape index (κ2) is 10.4. The van der Waals surface area contributed by atoms with Gasteiger partial charge >= 0.3 is 0 Å². The number of hydrogen-bond donors (Lipinski definition) is 3. The Morgan fingerprint density at radius 1 is 1.27 bits per heavy atom. The van der Waals surface area contributed by atoms with E-state index < -0.39 is 10.0 Å². The molecule has 1 fully saturated rings. The number of benzene rings is 1. The lowest BCUT2D eigenvalue weighted by Gasteiger charge is -2.34. The van der Waals surface area contributed by atoms with E-state index in [4.69, 9.17) is 10.9 Å². The largest absolute Gasteiger partial charge is 0.370 e. The van der Waals surface area contributed by atoms with Crippen molar-refractivity contribution in [1.29, 1.82) is 0 Å². The third-order valence-corrected chi connectivity index (χ3v) is 5.80. The summed E-state index contributed by atoms with van der Waals surface area (Å²) in [5.74, 6) is 0.286. The van der Waals surface area contributed by atoms with E-state index in [-0.39, 0.29) is 29.2 Å². The molecule has 30 heavy (non-hydrogen) atoms. The molecule has 1 aliphatic heterocycles. The first-order chi connectivity index (χ1) is 14.1. The number of hydrogen-bond acceptors (Lipinski definition) is 5. The summed E-state index contributed by atoms with van der Waals surface area (Å²) < 4.78 is 22.8. The average Bonchev–Trinajstić information content (AvgIpc) is 2.67. The second-order valence-corrected chi connectivity index (χ2v) is 9.16. The van der Waals surface area contributed by atoms with Crippen molar-refractivity contribution in [2.75, 3.05) is 33.7 Å². The molecule has 0 bridgehead atoms. The first-order valence-corrected chi connectivity index (χ1v) is 11.2. The van der Waals surface area contributed by atoms with Crippen molar-refractivity contribution >= 4 is 27.8 Å². The minimum atomic E-state index is -3.75. The average molecular weight is 439 g/mol. The van der Waals surface area contributed by atoms with Gasteiger partial charge in [0.05, 0.1) is 18.0 Å². The van der Waals surface area contributed by atoms with Crippen LogP contribution < -0.4 is 16.2 Å². The number of rotatable bonds is 7.